The number of sulfonamides is 1. The van der Waals surface area contributed by atoms with Crippen LogP contribution in [0.3, 0.4) is 0 Å². The lowest BCUT2D eigenvalue weighted by Gasteiger charge is -2.31. The van der Waals surface area contributed by atoms with Crippen LogP contribution in [0.25, 0.3) is 11.5 Å². The zero-order chi connectivity index (χ0) is 20.1. The van der Waals surface area contributed by atoms with Gasteiger partial charge in [-0.2, -0.15) is 4.31 Å². The average molecular weight is 413 g/mol. The highest BCUT2D eigenvalue weighted by atomic mass is 32.2. The minimum Gasteiger partial charge on any atom is -0.420 e. The van der Waals surface area contributed by atoms with E-state index in [1.54, 1.807) is 40.7 Å². The fraction of sp³-hybridized carbons (Fsp3) is 0.333. The molecule has 6 nitrogen and oxygen atoms in total. The van der Waals surface area contributed by atoms with E-state index in [4.69, 9.17) is 4.42 Å². The van der Waals surface area contributed by atoms with Crippen LogP contribution in [0.2, 0.25) is 0 Å². The molecule has 2 heterocycles. The molecule has 150 valence electrons. The number of hydrogen-bond donors (Lipinski definition) is 0. The smallest absolute Gasteiger partial charge is 0.247 e. The standard InChI is InChI=1S/C21H20FN3O3S/c22-16-6-4-5-15(13-16)19-23-24-20(28-19)18-14-21(18)9-11-25(12-10-21)29(26,27)17-7-2-1-3-8-17/h1-8,13,18H,9-12,14H2. The molecule has 1 saturated carbocycles. The van der Waals surface area contributed by atoms with Gasteiger partial charge in [-0.3, -0.25) is 0 Å². The van der Waals surface area contributed by atoms with Gasteiger partial charge in [0.2, 0.25) is 21.8 Å². The Kier molecular flexibility index (Phi) is 4.29. The molecule has 1 unspecified atom stereocenters. The number of nitrogens with zero attached hydrogens (tertiary/aromatic N) is 3. The number of hydrogen-bond acceptors (Lipinski definition) is 5. The van der Waals surface area contributed by atoms with Crippen molar-refractivity contribution in [2.45, 2.75) is 30.1 Å². The quantitative estimate of drug-likeness (QED) is 0.650. The van der Waals surface area contributed by atoms with E-state index < -0.39 is 10.0 Å². The van der Waals surface area contributed by atoms with Gasteiger partial charge in [-0.1, -0.05) is 24.3 Å². The van der Waals surface area contributed by atoms with E-state index in [1.165, 1.54) is 12.1 Å². The number of halogens is 1. The predicted octanol–water partition coefficient (Wildman–Crippen LogP) is 3.83. The maximum absolute atomic E-state index is 13.4. The molecule has 3 aromatic rings. The molecule has 29 heavy (non-hydrogen) atoms. The molecule has 0 bridgehead atoms. The highest BCUT2D eigenvalue weighted by Crippen LogP contribution is 2.64. The Morgan fingerprint density at radius 3 is 2.52 bits per heavy atom. The van der Waals surface area contributed by atoms with Crippen molar-refractivity contribution in [1.82, 2.24) is 14.5 Å². The molecular weight excluding hydrogens is 393 g/mol. The van der Waals surface area contributed by atoms with Crippen LogP contribution in [0.5, 0.6) is 0 Å². The van der Waals surface area contributed by atoms with Gasteiger partial charge in [0, 0.05) is 24.6 Å². The van der Waals surface area contributed by atoms with Crippen LogP contribution < -0.4 is 0 Å². The monoisotopic (exact) mass is 413 g/mol. The third-order valence-electron chi connectivity index (χ3n) is 6.10. The summed E-state index contributed by atoms with van der Waals surface area (Å²) < 4.78 is 46.4. The minimum absolute atomic E-state index is 0.0223. The zero-order valence-corrected chi connectivity index (χ0v) is 16.5. The van der Waals surface area contributed by atoms with Gasteiger partial charge in [0.05, 0.1) is 4.90 Å². The first-order chi connectivity index (χ1) is 14.0. The summed E-state index contributed by atoms with van der Waals surface area (Å²) in [7, 11) is -3.46. The van der Waals surface area contributed by atoms with Crippen molar-refractivity contribution in [3.63, 3.8) is 0 Å². The normalized spacial score (nSPS) is 21.3. The van der Waals surface area contributed by atoms with E-state index in [0.717, 1.165) is 19.3 Å². The molecule has 2 fully saturated rings. The van der Waals surface area contributed by atoms with Gasteiger partial charge < -0.3 is 4.42 Å². The minimum atomic E-state index is -3.46. The van der Waals surface area contributed by atoms with Gasteiger partial charge in [0.25, 0.3) is 0 Å². The van der Waals surface area contributed by atoms with Crippen molar-refractivity contribution in [1.29, 1.82) is 0 Å². The number of rotatable bonds is 4. The molecule has 1 aliphatic carbocycles. The molecule has 8 heteroatoms. The van der Waals surface area contributed by atoms with Crippen molar-refractivity contribution in [2.24, 2.45) is 5.41 Å². The largest absolute Gasteiger partial charge is 0.420 e. The maximum atomic E-state index is 13.4. The Morgan fingerprint density at radius 1 is 1.03 bits per heavy atom. The lowest BCUT2D eigenvalue weighted by molar-refractivity contribution is 0.246. The number of aromatic nitrogens is 2. The first-order valence-corrected chi connectivity index (χ1v) is 11.1. The van der Waals surface area contributed by atoms with Gasteiger partial charge in [-0.05, 0) is 55.0 Å². The van der Waals surface area contributed by atoms with Crippen molar-refractivity contribution >= 4 is 10.0 Å². The van der Waals surface area contributed by atoms with Crippen LogP contribution in [0.15, 0.2) is 63.9 Å². The first kappa shape index (κ1) is 18.4. The highest BCUT2D eigenvalue weighted by molar-refractivity contribution is 7.89. The highest BCUT2D eigenvalue weighted by Gasteiger charge is 2.58. The van der Waals surface area contributed by atoms with E-state index in [-0.39, 0.29) is 17.2 Å². The molecule has 1 atom stereocenters. The second-order valence-electron chi connectivity index (χ2n) is 7.79. The fourth-order valence-corrected chi connectivity index (χ4v) is 5.74. The van der Waals surface area contributed by atoms with Crippen LogP contribution in [-0.4, -0.2) is 36.0 Å². The molecule has 2 aliphatic rings. The van der Waals surface area contributed by atoms with E-state index >= 15 is 0 Å². The van der Waals surface area contributed by atoms with Crippen LogP contribution in [0.1, 0.15) is 31.1 Å². The first-order valence-electron chi connectivity index (χ1n) is 9.63. The zero-order valence-electron chi connectivity index (χ0n) is 15.7. The summed E-state index contributed by atoms with van der Waals surface area (Å²) in [4.78, 5) is 0.333. The second kappa shape index (κ2) is 6.74. The molecule has 1 saturated heterocycles. The van der Waals surface area contributed by atoms with E-state index in [1.807, 2.05) is 6.07 Å². The SMILES string of the molecule is O=S(=O)(c1ccccc1)N1CCC2(CC1)CC2c1nnc(-c2cccc(F)c2)o1. The second-order valence-corrected chi connectivity index (χ2v) is 9.73. The Labute approximate surface area is 168 Å². The van der Waals surface area contributed by atoms with Crippen LogP contribution in [-0.2, 0) is 10.0 Å². The maximum Gasteiger partial charge on any atom is 0.247 e. The van der Waals surface area contributed by atoms with Crippen LogP contribution >= 0.6 is 0 Å². The van der Waals surface area contributed by atoms with Gasteiger partial charge >= 0.3 is 0 Å². The van der Waals surface area contributed by atoms with Crippen LogP contribution in [0.4, 0.5) is 4.39 Å². The van der Waals surface area contributed by atoms with Crippen LogP contribution in [0, 0.1) is 11.2 Å². The Morgan fingerprint density at radius 2 is 1.79 bits per heavy atom. The molecule has 0 N–H and O–H groups in total. The van der Waals surface area contributed by atoms with E-state index in [2.05, 4.69) is 10.2 Å². The van der Waals surface area contributed by atoms with Crippen molar-refractivity contribution in [3.8, 4) is 11.5 Å². The summed E-state index contributed by atoms with van der Waals surface area (Å²) in [6.45, 7) is 0.969. The summed E-state index contributed by atoms with van der Waals surface area (Å²) in [5, 5.41) is 8.25. The Bertz CT molecular complexity index is 1140. The molecule has 2 aromatic carbocycles. The third kappa shape index (κ3) is 3.26. The molecular formula is C21H20FN3O3S. The number of piperidine rings is 1. The van der Waals surface area contributed by atoms with E-state index in [9.17, 15) is 12.8 Å². The molecule has 1 aliphatic heterocycles. The van der Waals surface area contributed by atoms with Crippen molar-refractivity contribution in [3.05, 3.63) is 66.3 Å². The molecule has 0 amide bonds. The molecule has 1 spiro atoms. The lowest BCUT2D eigenvalue weighted by Crippen LogP contribution is -2.39. The third-order valence-corrected chi connectivity index (χ3v) is 8.01. The summed E-state index contributed by atoms with van der Waals surface area (Å²) in [6.07, 6.45) is 2.44. The van der Waals surface area contributed by atoms with E-state index in [0.29, 0.717) is 35.3 Å². The molecule has 5 rings (SSSR count). The summed E-state index contributed by atoms with van der Waals surface area (Å²) in [6, 6.07) is 14.6. The topological polar surface area (TPSA) is 76.3 Å². The van der Waals surface area contributed by atoms with Gasteiger partial charge in [0.15, 0.2) is 0 Å². The van der Waals surface area contributed by atoms with Crippen molar-refractivity contribution in [2.75, 3.05) is 13.1 Å². The summed E-state index contributed by atoms with van der Waals surface area (Å²) in [5.41, 5.74) is 0.580. The molecule has 1 aromatic heterocycles. The van der Waals surface area contributed by atoms with Gasteiger partial charge in [-0.25, -0.2) is 12.8 Å². The Balaban J connectivity index is 1.28. The summed E-state index contributed by atoms with van der Waals surface area (Å²) >= 11 is 0. The predicted molar refractivity (Wildman–Crippen MR) is 104 cm³/mol. The average Bonchev–Trinajstić information content (AvgIpc) is 3.20. The summed E-state index contributed by atoms with van der Waals surface area (Å²) in [5.74, 6) is 0.658. The van der Waals surface area contributed by atoms with Crippen molar-refractivity contribution < 1.29 is 17.2 Å². The lowest BCUT2D eigenvalue weighted by atomic mass is 9.92. The number of benzene rings is 2. The fourth-order valence-electron chi connectivity index (χ4n) is 4.28. The Hall–Kier alpha value is -2.58. The molecule has 0 radical (unpaired) electrons. The van der Waals surface area contributed by atoms with Gasteiger partial charge in [0.1, 0.15) is 5.82 Å². The van der Waals surface area contributed by atoms with Gasteiger partial charge in [-0.15, -0.1) is 10.2 Å².